The molecule has 0 saturated heterocycles. The van der Waals surface area contributed by atoms with Crippen LogP contribution >= 0.6 is 11.3 Å². The highest BCUT2D eigenvalue weighted by atomic mass is 32.1. The zero-order valence-corrected chi connectivity index (χ0v) is 17.8. The van der Waals surface area contributed by atoms with E-state index in [0.717, 1.165) is 11.3 Å². The highest BCUT2D eigenvalue weighted by Gasteiger charge is 2.13. The number of thiazole rings is 1. The highest BCUT2D eigenvalue weighted by Crippen LogP contribution is 2.15. The maximum atomic E-state index is 12.6. The van der Waals surface area contributed by atoms with Gasteiger partial charge in [-0.25, -0.2) is 4.79 Å². The molecule has 2 aromatic rings. The molecule has 1 aromatic carbocycles. The lowest BCUT2D eigenvalue weighted by molar-refractivity contribution is -0.130. The predicted molar refractivity (Wildman–Crippen MR) is 116 cm³/mol. The first kappa shape index (κ1) is 23.8. The summed E-state index contributed by atoms with van der Waals surface area (Å²) in [5, 5.41) is 24.0. The van der Waals surface area contributed by atoms with E-state index in [-0.39, 0.29) is 28.3 Å². The molecule has 0 spiro atoms. The Morgan fingerprint density at radius 2 is 2.06 bits per heavy atom. The summed E-state index contributed by atoms with van der Waals surface area (Å²) in [6.07, 6.45) is 1.44. The molecule has 0 aliphatic heterocycles. The number of rotatable bonds is 10. The summed E-state index contributed by atoms with van der Waals surface area (Å²) in [5.41, 5.74) is 0.239. The van der Waals surface area contributed by atoms with Gasteiger partial charge >= 0.3 is 5.97 Å². The summed E-state index contributed by atoms with van der Waals surface area (Å²) < 4.78 is 11.6. The third-order valence-electron chi connectivity index (χ3n) is 3.94. The first-order valence-corrected chi connectivity index (χ1v) is 10.0. The predicted octanol–water partition coefficient (Wildman–Crippen LogP) is 0.140. The molecule has 0 aliphatic carbocycles. The number of aromatic nitrogens is 1. The molecule has 0 unspecified atom stereocenters. The molecular formula is C20H22N4O6S. The number of anilines is 2. The number of nitrogens with zero attached hydrogens (tertiary/aromatic N) is 2. The van der Waals surface area contributed by atoms with Gasteiger partial charge in [0.15, 0.2) is 5.57 Å². The summed E-state index contributed by atoms with van der Waals surface area (Å²) in [5.74, 6) is -1.71. The van der Waals surface area contributed by atoms with E-state index < -0.39 is 17.1 Å². The number of hydrogen-bond acceptors (Lipinski definition) is 8. The fourth-order valence-corrected chi connectivity index (χ4v) is 3.60. The van der Waals surface area contributed by atoms with E-state index in [4.69, 9.17) is 14.7 Å². The molecule has 3 N–H and O–H groups in total. The number of amides is 1. The fourth-order valence-electron chi connectivity index (χ4n) is 2.52. The molecule has 11 heteroatoms. The van der Waals surface area contributed by atoms with Crippen LogP contribution in [0.15, 0.2) is 29.1 Å². The van der Waals surface area contributed by atoms with Crippen LogP contribution in [0.3, 0.4) is 0 Å². The topological polar surface area (TPSA) is 143 Å². The number of carbonyl (C=O) groups excluding carboxylic acids is 1. The van der Waals surface area contributed by atoms with Crippen molar-refractivity contribution in [3.05, 3.63) is 43.8 Å². The number of carboxylic acid groups (broad SMARTS) is 1. The number of methoxy groups -OCH3 is 1. The van der Waals surface area contributed by atoms with Crippen molar-refractivity contribution in [2.75, 3.05) is 37.6 Å². The van der Waals surface area contributed by atoms with Crippen molar-refractivity contribution in [2.45, 2.75) is 13.5 Å². The van der Waals surface area contributed by atoms with Gasteiger partial charge in [0.2, 0.25) is 5.91 Å². The Bertz CT molecular complexity index is 1160. The Balaban J connectivity index is 2.22. The van der Waals surface area contributed by atoms with Crippen LogP contribution in [-0.2, 0) is 25.6 Å². The minimum atomic E-state index is -1.39. The van der Waals surface area contributed by atoms with Crippen molar-refractivity contribution >= 4 is 46.4 Å². The lowest BCUT2D eigenvalue weighted by Gasteiger charge is -2.08. The Kier molecular flexibility index (Phi) is 8.95. The molecule has 0 aliphatic rings. The van der Waals surface area contributed by atoms with Gasteiger partial charge in [-0.15, -0.1) is 11.3 Å². The van der Waals surface area contributed by atoms with Crippen LogP contribution in [0.4, 0.5) is 11.4 Å². The van der Waals surface area contributed by atoms with Crippen molar-refractivity contribution in [3.8, 4) is 6.07 Å². The van der Waals surface area contributed by atoms with Gasteiger partial charge in [0, 0.05) is 31.2 Å². The molecule has 10 nitrogen and oxygen atoms in total. The number of carboxylic acids is 1. The number of nitrogens with one attached hydrogen (secondary N) is 2. The molecule has 0 saturated carbocycles. The van der Waals surface area contributed by atoms with Gasteiger partial charge in [0.1, 0.15) is 21.9 Å². The van der Waals surface area contributed by atoms with E-state index in [0.29, 0.717) is 24.6 Å². The minimum absolute atomic E-state index is 0.0880. The van der Waals surface area contributed by atoms with Gasteiger partial charge in [-0.05, 0) is 25.1 Å². The van der Waals surface area contributed by atoms with Gasteiger partial charge < -0.3 is 25.2 Å². The second-order valence-electron chi connectivity index (χ2n) is 6.08. The van der Waals surface area contributed by atoms with Crippen LogP contribution in [0.2, 0.25) is 0 Å². The zero-order chi connectivity index (χ0) is 22.8. The normalized spacial score (nSPS) is 12.2. The van der Waals surface area contributed by atoms with E-state index in [1.807, 2.05) is 0 Å². The third kappa shape index (κ3) is 6.51. The van der Waals surface area contributed by atoms with Gasteiger partial charge in [0.05, 0.1) is 13.2 Å². The van der Waals surface area contributed by atoms with Gasteiger partial charge in [0.25, 0.3) is 5.56 Å². The number of ether oxygens (including phenoxy) is 2. The SMILES string of the molecule is CCn1c(=O)/c(=C\Nc2cccc(NC(=O)COCCOC)c2)s/c1=C(/C#N)C(=O)O. The van der Waals surface area contributed by atoms with Gasteiger partial charge in [-0.2, -0.15) is 5.26 Å². The molecule has 1 amide bonds. The van der Waals surface area contributed by atoms with E-state index in [1.54, 1.807) is 44.4 Å². The zero-order valence-electron chi connectivity index (χ0n) is 17.0. The van der Waals surface area contributed by atoms with Crippen LogP contribution in [0, 0.1) is 11.3 Å². The summed E-state index contributed by atoms with van der Waals surface area (Å²) in [6.45, 7) is 2.52. The van der Waals surface area contributed by atoms with E-state index >= 15 is 0 Å². The van der Waals surface area contributed by atoms with Crippen LogP contribution < -0.4 is 25.4 Å². The van der Waals surface area contributed by atoms with Crippen molar-refractivity contribution in [2.24, 2.45) is 0 Å². The first-order chi connectivity index (χ1) is 14.9. The summed E-state index contributed by atoms with van der Waals surface area (Å²) in [7, 11) is 1.54. The summed E-state index contributed by atoms with van der Waals surface area (Å²) in [4.78, 5) is 35.7. The standard InChI is InChI=1S/C20H22N4O6S/c1-3-24-18(26)16(31-19(24)15(10-21)20(27)28)11-22-13-5-4-6-14(9-13)23-17(25)12-30-8-7-29-2/h4-6,9,11,22H,3,7-8,12H2,1-2H3,(H,23,25)(H,27,28)/b16-11+,19-15-. The first-order valence-electron chi connectivity index (χ1n) is 9.21. The van der Waals surface area contributed by atoms with E-state index in [2.05, 4.69) is 10.6 Å². The Morgan fingerprint density at radius 3 is 2.71 bits per heavy atom. The molecular weight excluding hydrogens is 424 g/mol. The second-order valence-corrected chi connectivity index (χ2v) is 7.11. The third-order valence-corrected chi connectivity index (χ3v) is 5.07. The fraction of sp³-hybridized carbons (Fsp3) is 0.300. The summed E-state index contributed by atoms with van der Waals surface area (Å²) >= 11 is 0.914. The van der Waals surface area contributed by atoms with Crippen LogP contribution in [0.1, 0.15) is 6.92 Å². The maximum absolute atomic E-state index is 12.6. The van der Waals surface area contributed by atoms with Crippen molar-refractivity contribution in [1.29, 1.82) is 5.26 Å². The number of benzene rings is 1. The summed E-state index contributed by atoms with van der Waals surface area (Å²) in [6, 6.07) is 8.45. The molecule has 2 rings (SSSR count). The lowest BCUT2D eigenvalue weighted by atomic mass is 10.2. The van der Waals surface area contributed by atoms with Crippen LogP contribution in [0.25, 0.3) is 11.8 Å². The largest absolute Gasteiger partial charge is 0.477 e. The molecule has 0 bridgehead atoms. The number of carbonyl (C=O) groups is 2. The highest BCUT2D eigenvalue weighted by molar-refractivity contribution is 7.07. The number of aliphatic carboxylic acids is 1. The molecule has 0 fully saturated rings. The van der Waals surface area contributed by atoms with Gasteiger partial charge in [-0.3, -0.25) is 14.2 Å². The average molecular weight is 446 g/mol. The number of hydrogen-bond donors (Lipinski definition) is 3. The van der Waals surface area contributed by atoms with Gasteiger partial charge in [-0.1, -0.05) is 6.07 Å². The Hall–Kier alpha value is -3.46. The Morgan fingerprint density at radius 1 is 1.32 bits per heavy atom. The smallest absolute Gasteiger partial charge is 0.349 e. The monoisotopic (exact) mass is 446 g/mol. The average Bonchev–Trinajstić information content (AvgIpc) is 3.05. The molecule has 31 heavy (non-hydrogen) atoms. The minimum Gasteiger partial charge on any atom is -0.477 e. The quantitative estimate of drug-likeness (QED) is 0.438. The molecule has 1 aromatic heterocycles. The van der Waals surface area contributed by atoms with Crippen LogP contribution in [-0.4, -0.2) is 48.5 Å². The van der Waals surface area contributed by atoms with Crippen molar-refractivity contribution in [3.63, 3.8) is 0 Å². The van der Waals surface area contributed by atoms with E-state index in [9.17, 15) is 19.5 Å². The second kappa shape index (κ2) is 11.7. The molecule has 0 atom stereocenters. The molecule has 164 valence electrons. The Labute approximate surface area is 181 Å². The van der Waals surface area contributed by atoms with Crippen molar-refractivity contribution in [1.82, 2.24) is 4.57 Å². The molecule has 1 heterocycles. The van der Waals surface area contributed by atoms with Crippen LogP contribution in [0.5, 0.6) is 0 Å². The van der Waals surface area contributed by atoms with E-state index in [1.165, 1.54) is 10.8 Å². The lowest BCUT2D eigenvalue weighted by Crippen LogP contribution is -2.32. The molecule has 0 radical (unpaired) electrons. The number of nitriles is 1. The maximum Gasteiger partial charge on any atom is 0.349 e. The van der Waals surface area contributed by atoms with Crippen molar-refractivity contribution < 1.29 is 24.2 Å².